The first kappa shape index (κ1) is 39.0. The fourth-order valence-electron chi connectivity index (χ4n) is 6.45. The number of allylic oxidation sites excluding steroid dienone is 2. The Morgan fingerprint density at radius 1 is 1.00 bits per heavy atom. The Balaban J connectivity index is 0.000000817. The van der Waals surface area contributed by atoms with E-state index < -0.39 is 12.2 Å². The molecule has 3 unspecified atom stereocenters. The van der Waals surface area contributed by atoms with Gasteiger partial charge >= 0.3 is 0 Å². The summed E-state index contributed by atoms with van der Waals surface area (Å²) in [4.78, 5) is 20.2. The third-order valence-corrected chi connectivity index (χ3v) is 10.5. The lowest BCUT2D eigenvalue weighted by atomic mass is 9.78. The molecule has 1 aliphatic carbocycles. The van der Waals surface area contributed by atoms with E-state index >= 15 is 0 Å². The van der Waals surface area contributed by atoms with Crippen LogP contribution in [0, 0.1) is 25.2 Å². The zero-order valence-electron chi connectivity index (χ0n) is 31.7. The maximum atomic E-state index is 10.5. The Kier molecular flexibility index (Phi) is 12.8. The number of aliphatic hydroxyl groups is 2. The van der Waals surface area contributed by atoms with E-state index in [1.54, 1.807) is 12.3 Å². The van der Waals surface area contributed by atoms with Crippen LogP contribution in [0.25, 0.3) is 22.5 Å². The molecule has 4 heterocycles. The predicted molar refractivity (Wildman–Crippen MR) is 211 cm³/mol. The molecule has 0 spiro atoms. The second kappa shape index (κ2) is 17.1. The van der Waals surface area contributed by atoms with Crippen LogP contribution in [-0.4, -0.2) is 43.4 Å². The lowest BCUT2D eigenvalue weighted by Crippen LogP contribution is -2.26. The highest BCUT2D eigenvalue weighted by Crippen LogP contribution is 2.52. The number of aryl methyl sites for hydroxylation is 2. The predicted octanol–water partition coefficient (Wildman–Crippen LogP) is 9.75. The molecule has 4 bridgehead atoms. The molecule has 3 atom stereocenters. The summed E-state index contributed by atoms with van der Waals surface area (Å²) < 4.78 is 15.7. The molecule has 0 amide bonds. The topological polar surface area (TPSA) is 126 Å². The van der Waals surface area contributed by atoms with E-state index in [0.717, 1.165) is 39.4 Å². The minimum absolute atomic E-state index is 0.0930. The van der Waals surface area contributed by atoms with Crippen molar-refractivity contribution in [1.29, 1.82) is 0 Å². The minimum Gasteiger partial charge on any atom is -0.477 e. The number of aliphatic hydroxyl groups excluding tert-OH is 1. The quantitative estimate of drug-likeness (QED) is 0.110. The zero-order chi connectivity index (χ0) is 37.5. The average molecular weight is 724 g/mol. The fraction of sp³-hybridized carbons (Fsp3) is 0.429. The molecule has 2 aliphatic rings. The van der Waals surface area contributed by atoms with Crippen LogP contribution in [0.1, 0.15) is 94.9 Å². The normalized spacial score (nSPS) is 18.7. The van der Waals surface area contributed by atoms with Crippen molar-refractivity contribution in [3.05, 3.63) is 101 Å². The molecule has 3 aromatic heterocycles. The standard InChI is InChI=1S/C36H39N5O4S.C4H8.C2H6/c1-21-7-5-8-22(2)32(21)28-16-31-40-34(39-28)41-46-26-10-6-9-23(13-26)27(24(19-44-31)17-35(3)11-12-35)14-25-18-37-33-29(38-25)15-30(45-33)36(4,43)20-42;1-3-4-2;1-2/h5-10,13,15-16,18,24,27,42-43H,11-12,14,17,19-20H2,1-4H3,(H,39,40,41);3-4H,1-2H3;1-2H3/b;4-3-;. The van der Waals surface area contributed by atoms with Crippen molar-refractivity contribution < 1.29 is 19.4 Å². The van der Waals surface area contributed by atoms with Crippen molar-refractivity contribution in [2.75, 3.05) is 17.9 Å². The Morgan fingerprint density at radius 3 is 2.38 bits per heavy atom. The number of furan rings is 1. The number of fused-ring (bicyclic) bond motifs is 5. The van der Waals surface area contributed by atoms with E-state index in [4.69, 9.17) is 24.1 Å². The van der Waals surface area contributed by atoms with Crippen LogP contribution < -0.4 is 9.46 Å². The highest BCUT2D eigenvalue weighted by Gasteiger charge is 2.42. The highest BCUT2D eigenvalue weighted by molar-refractivity contribution is 8.00. The fourth-order valence-corrected chi connectivity index (χ4v) is 7.09. The number of benzene rings is 2. The van der Waals surface area contributed by atoms with Crippen LogP contribution in [0.15, 0.2) is 82.3 Å². The average Bonchev–Trinajstić information content (AvgIpc) is 3.71. The number of ether oxygens (including phenoxy) is 1. The minimum atomic E-state index is -1.51. The van der Waals surface area contributed by atoms with Crippen molar-refractivity contribution in [3.8, 4) is 17.1 Å². The molecule has 276 valence electrons. The highest BCUT2D eigenvalue weighted by atomic mass is 32.2. The molecule has 52 heavy (non-hydrogen) atoms. The molecule has 1 saturated carbocycles. The first-order chi connectivity index (χ1) is 25.0. The van der Waals surface area contributed by atoms with Crippen molar-refractivity contribution in [3.63, 3.8) is 0 Å². The van der Waals surface area contributed by atoms with Gasteiger partial charge in [-0.2, -0.15) is 4.98 Å². The third kappa shape index (κ3) is 9.40. The molecule has 7 rings (SSSR count). The molecule has 0 radical (unpaired) electrons. The van der Waals surface area contributed by atoms with E-state index in [1.807, 2.05) is 45.9 Å². The van der Waals surface area contributed by atoms with E-state index in [9.17, 15) is 10.2 Å². The van der Waals surface area contributed by atoms with Gasteiger partial charge in [-0.25, -0.2) is 15.0 Å². The number of rotatable bonds is 7. The number of anilines is 1. The van der Waals surface area contributed by atoms with Crippen molar-refractivity contribution in [2.24, 2.45) is 11.3 Å². The summed E-state index contributed by atoms with van der Waals surface area (Å²) >= 11 is 1.49. The van der Waals surface area contributed by atoms with Crippen LogP contribution in [-0.2, 0) is 12.0 Å². The number of hydrogen-bond donors (Lipinski definition) is 3. The molecule has 1 fully saturated rings. The summed E-state index contributed by atoms with van der Waals surface area (Å²) in [6.45, 7) is 16.1. The summed E-state index contributed by atoms with van der Waals surface area (Å²) in [5, 5.41) is 20.2. The third-order valence-electron chi connectivity index (χ3n) is 9.75. The van der Waals surface area contributed by atoms with Gasteiger partial charge in [0.15, 0.2) is 0 Å². The number of nitrogens with zero attached hydrogens (tertiary/aromatic N) is 4. The van der Waals surface area contributed by atoms with E-state index in [0.29, 0.717) is 36.1 Å². The van der Waals surface area contributed by atoms with Gasteiger partial charge in [0.2, 0.25) is 17.5 Å². The SMILES string of the molecule is C/C=C\C.CC.Cc1cccc(C)c1-c1cc2nc(n1)NSc1cccc(c1)C(Cc1cnc3oc(C(C)(O)CO)cc3n1)C(CC1(C)CC1)CO2. The maximum absolute atomic E-state index is 10.5. The molecule has 9 nitrogen and oxygen atoms in total. The van der Waals surface area contributed by atoms with Crippen LogP contribution in [0.4, 0.5) is 5.95 Å². The summed E-state index contributed by atoms with van der Waals surface area (Å²) in [6.07, 6.45) is 9.83. The number of aromatic nitrogens is 4. The van der Waals surface area contributed by atoms with Crippen LogP contribution in [0.3, 0.4) is 0 Å². The van der Waals surface area contributed by atoms with Gasteiger partial charge in [0.05, 0.1) is 30.8 Å². The largest absolute Gasteiger partial charge is 0.477 e. The van der Waals surface area contributed by atoms with Gasteiger partial charge in [-0.15, -0.1) is 0 Å². The zero-order valence-corrected chi connectivity index (χ0v) is 32.6. The Morgan fingerprint density at radius 2 is 1.71 bits per heavy atom. The van der Waals surface area contributed by atoms with E-state index in [1.165, 1.54) is 37.3 Å². The number of nitrogens with one attached hydrogen (secondary N) is 1. The Bertz CT molecular complexity index is 1960. The van der Waals surface area contributed by atoms with Gasteiger partial charge < -0.3 is 19.4 Å². The van der Waals surface area contributed by atoms with Gasteiger partial charge in [0, 0.05) is 28.5 Å². The van der Waals surface area contributed by atoms with Crippen molar-refractivity contribution in [1.82, 2.24) is 19.9 Å². The maximum Gasteiger partial charge on any atom is 0.245 e. The van der Waals surface area contributed by atoms with Gasteiger partial charge in [-0.1, -0.05) is 63.3 Å². The van der Waals surface area contributed by atoms with E-state index in [2.05, 4.69) is 72.9 Å². The molecule has 5 aromatic rings. The Hall–Kier alpha value is -4.25. The summed E-state index contributed by atoms with van der Waals surface area (Å²) in [5.41, 5.74) is 5.92. The molecule has 2 aromatic carbocycles. The molecule has 3 N–H and O–H groups in total. The van der Waals surface area contributed by atoms with Gasteiger partial charge in [0.1, 0.15) is 16.9 Å². The lowest BCUT2D eigenvalue weighted by Gasteiger charge is -2.30. The molecule has 10 heteroatoms. The van der Waals surface area contributed by atoms with Gasteiger partial charge in [-0.05, 0) is 112 Å². The van der Waals surface area contributed by atoms with E-state index in [-0.39, 0.29) is 23.0 Å². The summed E-state index contributed by atoms with van der Waals surface area (Å²) in [6, 6.07) is 18.5. The molecular formula is C42H53N5O4S. The first-order valence-corrected chi connectivity index (χ1v) is 19.1. The van der Waals surface area contributed by atoms with Gasteiger partial charge in [0.25, 0.3) is 0 Å². The monoisotopic (exact) mass is 723 g/mol. The van der Waals surface area contributed by atoms with Crippen LogP contribution in [0.5, 0.6) is 5.88 Å². The number of hydrogen-bond acceptors (Lipinski definition) is 10. The second-order valence-corrected chi connectivity index (χ2v) is 15.0. The first-order valence-electron chi connectivity index (χ1n) is 18.3. The van der Waals surface area contributed by atoms with Crippen molar-refractivity contribution >= 4 is 29.1 Å². The Labute approximate surface area is 312 Å². The molecule has 1 aliphatic heterocycles. The van der Waals surface area contributed by atoms with Crippen LogP contribution in [0.2, 0.25) is 0 Å². The lowest BCUT2D eigenvalue weighted by molar-refractivity contribution is -0.0185. The van der Waals surface area contributed by atoms with Crippen molar-refractivity contribution in [2.45, 2.75) is 97.5 Å². The summed E-state index contributed by atoms with van der Waals surface area (Å²) in [7, 11) is 0. The molecule has 0 saturated heterocycles. The smallest absolute Gasteiger partial charge is 0.245 e. The summed E-state index contributed by atoms with van der Waals surface area (Å²) in [5.74, 6) is 1.57. The van der Waals surface area contributed by atoms with Crippen LogP contribution >= 0.6 is 11.9 Å². The second-order valence-electron chi connectivity index (χ2n) is 14.1. The van der Waals surface area contributed by atoms with Gasteiger partial charge in [-0.3, -0.25) is 4.72 Å². The molecular weight excluding hydrogens is 671 g/mol.